The summed E-state index contributed by atoms with van der Waals surface area (Å²) in [6, 6.07) is -5.09. The lowest BCUT2D eigenvalue weighted by Gasteiger charge is -2.27. The lowest BCUT2D eigenvalue weighted by Crippen LogP contribution is -2.58. The molecule has 13 heteroatoms. The number of carboxylic acid groups (broad SMARTS) is 2. The molecule has 0 heterocycles. The number of carbonyl (C=O) groups excluding carboxylic acids is 4. The highest BCUT2D eigenvalue weighted by Crippen LogP contribution is 2.10. The Labute approximate surface area is 179 Å². The van der Waals surface area contributed by atoms with Crippen molar-refractivity contribution in [1.29, 1.82) is 0 Å². The molecule has 0 aliphatic rings. The number of carboxylic acids is 2. The highest BCUT2D eigenvalue weighted by atomic mass is 16.4. The van der Waals surface area contributed by atoms with Crippen molar-refractivity contribution in [2.24, 2.45) is 17.4 Å². The van der Waals surface area contributed by atoms with Crippen LogP contribution in [-0.2, 0) is 28.8 Å². The largest absolute Gasteiger partial charge is 0.481 e. The number of hydrogen-bond acceptors (Lipinski definition) is 7. The van der Waals surface area contributed by atoms with Crippen molar-refractivity contribution in [3.05, 3.63) is 0 Å². The van der Waals surface area contributed by atoms with Crippen LogP contribution in [0.1, 0.15) is 46.5 Å². The van der Waals surface area contributed by atoms with Gasteiger partial charge in [0.05, 0.1) is 12.5 Å². The molecule has 0 aromatic rings. The van der Waals surface area contributed by atoms with E-state index in [-0.39, 0.29) is 12.8 Å². The van der Waals surface area contributed by atoms with Crippen LogP contribution in [0, 0.1) is 5.92 Å². The summed E-state index contributed by atoms with van der Waals surface area (Å²) in [7, 11) is 0. The van der Waals surface area contributed by atoms with E-state index < -0.39 is 72.1 Å². The SMILES string of the molecule is CCC(C)C(NC(=O)C(N)CC(=O)O)C(=O)NC(CCC(N)=O)C(=O)NC(C)C(=O)O. The zero-order valence-corrected chi connectivity index (χ0v) is 17.7. The average molecular weight is 445 g/mol. The molecular formula is C18H31N5O8. The molecule has 0 saturated heterocycles. The summed E-state index contributed by atoms with van der Waals surface area (Å²) in [4.78, 5) is 70.2. The van der Waals surface area contributed by atoms with Gasteiger partial charge in [0.25, 0.3) is 0 Å². The Balaban J connectivity index is 5.47. The van der Waals surface area contributed by atoms with Gasteiger partial charge in [0.2, 0.25) is 23.6 Å². The average Bonchev–Trinajstić information content (AvgIpc) is 2.67. The molecule has 0 saturated carbocycles. The number of hydrogen-bond donors (Lipinski definition) is 7. The van der Waals surface area contributed by atoms with E-state index in [9.17, 15) is 28.8 Å². The summed E-state index contributed by atoms with van der Waals surface area (Å²) < 4.78 is 0. The highest BCUT2D eigenvalue weighted by molar-refractivity contribution is 5.95. The minimum absolute atomic E-state index is 0.195. The van der Waals surface area contributed by atoms with Gasteiger partial charge in [0.1, 0.15) is 18.1 Å². The van der Waals surface area contributed by atoms with Crippen LogP contribution >= 0.6 is 0 Å². The number of primary amides is 1. The first-order chi connectivity index (χ1) is 14.3. The Morgan fingerprint density at radius 1 is 0.903 bits per heavy atom. The molecular weight excluding hydrogens is 414 g/mol. The van der Waals surface area contributed by atoms with Crippen molar-refractivity contribution < 1.29 is 39.0 Å². The van der Waals surface area contributed by atoms with Gasteiger partial charge < -0.3 is 37.6 Å². The van der Waals surface area contributed by atoms with Crippen molar-refractivity contribution in [1.82, 2.24) is 16.0 Å². The topological polar surface area (TPSA) is 231 Å². The molecule has 13 nitrogen and oxygen atoms in total. The lowest BCUT2D eigenvalue weighted by atomic mass is 9.97. The van der Waals surface area contributed by atoms with Crippen LogP contribution in [-0.4, -0.2) is 69.9 Å². The molecule has 0 fully saturated rings. The van der Waals surface area contributed by atoms with Gasteiger partial charge in [-0.3, -0.25) is 28.8 Å². The summed E-state index contributed by atoms with van der Waals surface area (Å²) >= 11 is 0. The van der Waals surface area contributed by atoms with Crippen molar-refractivity contribution in [2.45, 2.75) is 70.6 Å². The van der Waals surface area contributed by atoms with Gasteiger partial charge in [0, 0.05) is 6.42 Å². The van der Waals surface area contributed by atoms with E-state index in [4.69, 9.17) is 21.7 Å². The highest BCUT2D eigenvalue weighted by Gasteiger charge is 2.32. The summed E-state index contributed by atoms with van der Waals surface area (Å²) in [5.74, 6) is -6.23. The van der Waals surface area contributed by atoms with Gasteiger partial charge in [-0.05, 0) is 19.3 Å². The molecule has 0 aromatic heterocycles. The van der Waals surface area contributed by atoms with Crippen molar-refractivity contribution in [3.8, 4) is 0 Å². The molecule has 31 heavy (non-hydrogen) atoms. The predicted molar refractivity (Wildman–Crippen MR) is 107 cm³/mol. The van der Waals surface area contributed by atoms with Gasteiger partial charge in [-0.2, -0.15) is 0 Å². The second-order valence-corrected chi connectivity index (χ2v) is 7.21. The molecule has 0 radical (unpaired) electrons. The first kappa shape index (κ1) is 27.8. The van der Waals surface area contributed by atoms with Gasteiger partial charge in [-0.1, -0.05) is 20.3 Å². The quantitative estimate of drug-likeness (QED) is 0.151. The Morgan fingerprint density at radius 2 is 1.48 bits per heavy atom. The first-order valence-electron chi connectivity index (χ1n) is 9.69. The summed E-state index contributed by atoms with van der Waals surface area (Å²) in [6.45, 7) is 4.62. The number of carbonyl (C=O) groups is 6. The zero-order chi connectivity index (χ0) is 24.3. The van der Waals surface area contributed by atoms with Crippen LogP contribution in [0.4, 0.5) is 0 Å². The van der Waals surface area contributed by atoms with Gasteiger partial charge in [0.15, 0.2) is 0 Å². The first-order valence-corrected chi connectivity index (χ1v) is 9.69. The fourth-order valence-electron chi connectivity index (χ4n) is 2.44. The minimum Gasteiger partial charge on any atom is -0.481 e. The van der Waals surface area contributed by atoms with E-state index in [1.807, 2.05) is 0 Å². The Hall–Kier alpha value is -3.22. The Bertz CT molecular complexity index is 698. The maximum absolute atomic E-state index is 12.8. The summed E-state index contributed by atoms with van der Waals surface area (Å²) in [5.41, 5.74) is 10.6. The monoisotopic (exact) mass is 445 g/mol. The number of amides is 4. The maximum Gasteiger partial charge on any atom is 0.325 e. The molecule has 176 valence electrons. The predicted octanol–water partition coefficient (Wildman–Crippen LogP) is -2.34. The van der Waals surface area contributed by atoms with Gasteiger partial charge >= 0.3 is 11.9 Å². The Kier molecular flexibility index (Phi) is 11.8. The third-order valence-corrected chi connectivity index (χ3v) is 4.57. The second-order valence-electron chi connectivity index (χ2n) is 7.21. The van der Waals surface area contributed by atoms with Crippen LogP contribution in [0.25, 0.3) is 0 Å². The number of rotatable bonds is 14. The van der Waals surface area contributed by atoms with Crippen molar-refractivity contribution in [2.75, 3.05) is 0 Å². The molecule has 0 spiro atoms. The molecule has 0 aromatic carbocycles. The van der Waals surface area contributed by atoms with Crippen LogP contribution in [0.5, 0.6) is 0 Å². The molecule has 5 atom stereocenters. The van der Waals surface area contributed by atoms with E-state index in [0.29, 0.717) is 6.42 Å². The van der Waals surface area contributed by atoms with Crippen molar-refractivity contribution >= 4 is 35.6 Å². The van der Waals surface area contributed by atoms with Crippen LogP contribution in [0.15, 0.2) is 0 Å². The zero-order valence-electron chi connectivity index (χ0n) is 17.7. The van der Waals surface area contributed by atoms with Gasteiger partial charge in [-0.15, -0.1) is 0 Å². The molecule has 4 amide bonds. The molecule has 9 N–H and O–H groups in total. The summed E-state index contributed by atoms with van der Waals surface area (Å²) in [5, 5.41) is 24.7. The molecule has 0 aliphatic heterocycles. The second kappa shape index (κ2) is 13.2. The fraction of sp³-hybridized carbons (Fsp3) is 0.667. The van der Waals surface area contributed by atoms with E-state index in [0.717, 1.165) is 0 Å². The third-order valence-electron chi connectivity index (χ3n) is 4.57. The number of aliphatic carboxylic acids is 2. The van der Waals surface area contributed by atoms with Crippen LogP contribution in [0.3, 0.4) is 0 Å². The van der Waals surface area contributed by atoms with Crippen molar-refractivity contribution in [3.63, 3.8) is 0 Å². The minimum atomic E-state index is -1.39. The van der Waals surface area contributed by atoms with E-state index in [2.05, 4.69) is 16.0 Å². The fourth-order valence-corrected chi connectivity index (χ4v) is 2.44. The third kappa shape index (κ3) is 10.4. The van der Waals surface area contributed by atoms with E-state index in [1.165, 1.54) is 6.92 Å². The normalized spacial score (nSPS) is 15.5. The number of nitrogens with two attached hydrogens (primary N) is 2. The Morgan fingerprint density at radius 3 is 1.94 bits per heavy atom. The lowest BCUT2D eigenvalue weighted by molar-refractivity contribution is -0.142. The van der Waals surface area contributed by atoms with E-state index in [1.54, 1.807) is 13.8 Å². The van der Waals surface area contributed by atoms with E-state index >= 15 is 0 Å². The summed E-state index contributed by atoms with van der Waals surface area (Å²) in [6.07, 6.45) is -0.652. The smallest absolute Gasteiger partial charge is 0.325 e. The van der Waals surface area contributed by atoms with Gasteiger partial charge in [-0.25, -0.2) is 0 Å². The van der Waals surface area contributed by atoms with Crippen LogP contribution in [0.2, 0.25) is 0 Å². The molecule has 0 rings (SSSR count). The molecule has 0 aliphatic carbocycles. The number of nitrogens with one attached hydrogen (secondary N) is 3. The maximum atomic E-state index is 12.8. The standard InChI is InChI=1S/C18H31N5O8/c1-4-8(2)14(23-15(27)10(19)7-13(25)26)17(29)22-11(5-6-12(20)24)16(28)21-9(3)18(30)31/h8-11,14H,4-7,19H2,1-3H3,(H2,20,24)(H,21,28)(H,22,29)(H,23,27)(H,25,26)(H,30,31). The molecule has 0 bridgehead atoms. The van der Waals surface area contributed by atoms with Crippen LogP contribution < -0.4 is 27.4 Å². The molecule has 5 unspecified atom stereocenters.